The summed E-state index contributed by atoms with van der Waals surface area (Å²) in [6.45, 7) is -0.303. The molecule has 0 aliphatic carbocycles. The zero-order valence-electron chi connectivity index (χ0n) is 12.2. The molecule has 3 rings (SSSR count). The first kappa shape index (κ1) is 15.9. The molecule has 2 heterocycles. The minimum atomic E-state index is -0.585. The number of furan rings is 1. The molecule has 0 fully saturated rings. The van der Waals surface area contributed by atoms with E-state index in [1.54, 1.807) is 12.1 Å². The van der Waals surface area contributed by atoms with Crippen molar-refractivity contribution in [2.75, 3.05) is 5.32 Å². The van der Waals surface area contributed by atoms with Gasteiger partial charge in [0.2, 0.25) is 5.91 Å². The Bertz CT molecular complexity index is 938. The maximum atomic E-state index is 13.1. The van der Waals surface area contributed by atoms with Crippen LogP contribution < -0.4 is 10.9 Å². The number of nitrogens with one attached hydrogen (secondary N) is 1. The van der Waals surface area contributed by atoms with Crippen molar-refractivity contribution in [3.8, 4) is 11.5 Å². The molecule has 0 aliphatic heterocycles. The van der Waals surface area contributed by atoms with E-state index in [-0.39, 0.29) is 11.6 Å². The first-order valence-corrected chi connectivity index (χ1v) is 7.28. The number of hydrogen-bond donors (Lipinski definition) is 1. The van der Waals surface area contributed by atoms with Crippen LogP contribution in [0.1, 0.15) is 0 Å². The fourth-order valence-corrected chi connectivity index (χ4v) is 2.21. The number of anilines is 1. The van der Waals surface area contributed by atoms with Crippen molar-refractivity contribution >= 4 is 23.2 Å². The number of benzene rings is 1. The maximum Gasteiger partial charge on any atom is 0.267 e. The quantitative estimate of drug-likeness (QED) is 0.787. The summed E-state index contributed by atoms with van der Waals surface area (Å²) in [4.78, 5) is 23.9. The van der Waals surface area contributed by atoms with E-state index in [1.807, 2.05) is 0 Å². The van der Waals surface area contributed by atoms with E-state index >= 15 is 0 Å². The summed E-state index contributed by atoms with van der Waals surface area (Å²) in [6.07, 6.45) is 1.48. The largest absolute Gasteiger partial charge is 0.463 e. The van der Waals surface area contributed by atoms with Crippen LogP contribution in [-0.4, -0.2) is 15.7 Å². The summed E-state index contributed by atoms with van der Waals surface area (Å²) in [6, 6.07) is 9.98. The zero-order valence-corrected chi connectivity index (χ0v) is 13.0. The van der Waals surface area contributed by atoms with Crippen LogP contribution in [0.25, 0.3) is 11.5 Å². The molecule has 8 heteroatoms. The van der Waals surface area contributed by atoms with Crippen molar-refractivity contribution in [2.45, 2.75) is 6.54 Å². The lowest BCUT2D eigenvalue weighted by Crippen LogP contribution is -2.29. The van der Waals surface area contributed by atoms with Gasteiger partial charge in [0.25, 0.3) is 5.56 Å². The second-order valence-corrected chi connectivity index (χ2v) is 5.28. The summed E-state index contributed by atoms with van der Waals surface area (Å²) in [5, 5.41) is 6.51. The van der Waals surface area contributed by atoms with Gasteiger partial charge < -0.3 is 9.73 Å². The van der Waals surface area contributed by atoms with Gasteiger partial charge in [-0.25, -0.2) is 9.07 Å². The third-order valence-electron chi connectivity index (χ3n) is 3.14. The molecule has 1 aromatic carbocycles. The molecule has 0 bridgehead atoms. The van der Waals surface area contributed by atoms with E-state index in [4.69, 9.17) is 16.0 Å². The molecule has 0 aliphatic rings. The highest BCUT2D eigenvalue weighted by atomic mass is 35.5. The number of aromatic nitrogens is 2. The number of nitrogens with zero attached hydrogens (tertiary/aromatic N) is 2. The molecule has 1 N–H and O–H groups in total. The van der Waals surface area contributed by atoms with E-state index < -0.39 is 17.3 Å². The number of hydrogen-bond acceptors (Lipinski definition) is 4. The van der Waals surface area contributed by atoms with Gasteiger partial charge in [0, 0.05) is 11.8 Å². The number of carbonyl (C=O) groups is 1. The SMILES string of the molecule is O=C(Cn1nc(-c2ccco2)ccc1=O)Nc1ccc(F)c(Cl)c1. The molecular weight excluding hydrogens is 337 g/mol. The van der Waals surface area contributed by atoms with Crippen molar-refractivity contribution in [3.05, 3.63) is 69.9 Å². The van der Waals surface area contributed by atoms with Gasteiger partial charge in [0.1, 0.15) is 18.1 Å². The number of rotatable bonds is 4. The van der Waals surface area contributed by atoms with Crippen molar-refractivity contribution in [1.82, 2.24) is 9.78 Å². The normalized spacial score (nSPS) is 10.6. The third-order valence-corrected chi connectivity index (χ3v) is 3.43. The predicted molar refractivity (Wildman–Crippen MR) is 86.2 cm³/mol. The van der Waals surface area contributed by atoms with Crippen molar-refractivity contribution in [1.29, 1.82) is 0 Å². The molecule has 6 nitrogen and oxygen atoms in total. The highest BCUT2D eigenvalue weighted by molar-refractivity contribution is 6.31. The molecule has 24 heavy (non-hydrogen) atoms. The molecule has 0 atom stereocenters. The number of amides is 1. The Morgan fingerprint density at radius 2 is 2.12 bits per heavy atom. The van der Waals surface area contributed by atoms with Gasteiger partial charge in [-0.1, -0.05) is 11.6 Å². The van der Waals surface area contributed by atoms with Crippen LogP contribution in [0.2, 0.25) is 5.02 Å². The lowest BCUT2D eigenvalue weighted by molar-refractivity contribution is -0.117. The van der Waals surface area contributed by atoms with Crippen LogP contribution in [0.4, 0.5) is 10.1 Å². The summed E-state index contributed by atoms with van der Waals surface area (Å²) < 4.78 is 19.3. The van der Waals surface area contributed by atoms with Gasteiger partial charge in [-0.2, -0.15) is 5.10 Å². The lowest BCUT2D eigenvalue weighted by Gasteiger charge is -2.08. The highest BCUT2D eigenvalue weighted by Crippen LogP contribution is 2.19. The molecule has 0 saturated heterocycles. The van der Waals surface area contributed by atoms with Gasteiger partial charge in [-0.15, -0.1) is 0 Å². The standard InChI is InChI=1S/C16H11ClFN3O3/c17-11-8-10(3-4-12(11)18)19-15(22)9-21-16(23)6-5-13(20-21)14-2-1-7-24-14/h1-8H,9H2,(H,19,22). The van der Waals surface area contributed by atoms with Crippen molar-refractivity contribution in [2.24, 2.45) is 0 Å². The van der Waals surface area contributed by atoms with Crippen LogP contribution >= 0.6 is 11.6 Å². The minimum Gasteiger partial charge on any atom is -0.463 e. The van der Waals surface area contributed by atoms with E-state index in [0.717, 1.165) is 10.7 Å². The zero-order chi connectivity index (χ0) is 17.1. The molecule has 3 aromatic rings. The summed E-state index contributed by atoms with van der Waals surface area (Å²) >= 11 is 5.66. The average Bonchev–Trinajstić information content (AvgIpc) is 3.07. The molecule has 0 radical (unpaired) electrons. The van der Waals surface area contributed by atoms with Crippen LogP contribution in [0.15, 0.2) is 57.9 Å². The fraction of sp³-hybridized carbons (Fsp3) is 0.0625. The van der Waals surface area contributed by atoms with Crippen molar-refractivity contribution in [3.63, 3.8) is 0 Å². The Hall–Kier alpha value is -2.93. The Morgan fingerprint density at radius 3 is 2.83 bits per heavy atom. The van der Waals surface area contributed by atoms with Gasteiger partial charge in [0.15, 0.2) is 5.76 Å². The van der Waals surface area contributed by atoms with Crippen molar-refractivity contribution < 1.29 is 13.6 Å². The minimum absolute atomic E-state index is 0.108. The van der Waals surface area contributed by atoms with Gasteiger partial charge >= 0.3 is 0 Å². The molecule has 1 amide bonds. The van der Waals surface area contributed by atoms with Crippen LogP contribution in [0, 0.1) is 5.82 Å². The molecule has 2 aromatic heterocycles. The van der Waals surface area contributed by atoms with E-state index in [0.29, 0.717) is 17.1 Å². The second-order valence-electron chi connectivity index (χ2n) is 4.87. The number of halogens is 2. The molecular formula is C16H11ClFN3O3. The van der Waals surface area contributed by atoms with Crippen LogP contribution in [0.5, 0.6) is 0 Å². The van der Waals surface area contributed by atoms with E-state index in [2.05, 4.69) is 10.4 Å². The molecule has 0 unspecified atom stereocenters. The molecule has 122 valence electrons. The average molecular weight is 348 g/mol. The summed E-state index contributed by atoms with van der Waals surface area (Å²) in [5.74, 6) is -0.600. The van der Waals surface area contributed by atoms with Crippen LogP contribution in [-0.2, 0) is 11.3 Å². The highest BCUT2D eigenvalue weighted by Gasteiger charge is 2.10. The Morgan fingerprint density at radius 1 is 1.29 bits per heavy atom. The fourth-order valence-electron chi connectivity index (χ4n) is 2.03. The molecule has 0 saturated carbocycles. The Balaban J connectivity index is 1.77. The topological polar surface area (TPSA) is 77.1 Å². The van der Waals surface area contributed by atoms with Gasteiger partial charge in [0.05, 0.1) is 11.3 Å². The molecule has 0 spiro atoms. The first-order valence-electron chi connectivity index (χ1n) is 6.90. The third kappa shape index (κ3) is 3.52. The first-order chi connectivity index (χ1) is 11.5. The lowest BCUT2D eigenvalue weighted by atomic mass is 10.3. The van der Waals surface area contributed by atoms with E-state index in [1.165, 1.54) is 30.5 Å². The Labute approximate surface area is 140 Å². The summed E-state index contributed by atoms with van der Waals surface area (Å²) in [5.41, 5.74) is 0.316. The van der Waals surface area contributed by atoms with Gasteiger partial charge in [-0.05, 0) is 36.4 Å². The summed E-state index contributed by atoms with van der Waals surface area (Å²) in [7, 11) is 0. The maximum absolute atomic E-state index is 13.1. The number of carbonyl (C=O) groups excluding carboxylic acids is 1. The van der Waals surface area contributed by atoms with Gasteiger partial charge in [-0.3, -0.25) is 9.59 Å². The second kappa shape index (κ2) is 6.67. The predicted octanol–water partition coefficient (Wildman–Crippen LogP) is 2.93. The van der Waals surface area contributed by atoms with E-state index in [9.17, 15) is 14.0 Å². The van der Waals surface area contributed by atoms with Crippen LogP contribution in [0.3, 0.4) is 0 Å². The smallest absolute Gasteiger partial charge is 0.267 e. The Kier molecular flexibility index (Phi) is 4.43. The monoisotopic (exact) mass is 347 g/mol.